The number of thiophene rings is 1. The molecule has 0 atom stereocenters. The van der Waals surface area contributed by atoms with Crippen LogP contribution in [0.3, 0.4) is 0 Å². The molecule has 3 heterocycles. The van der Waals surface area contributed by atoms with Gasteiger partial charge in [0.15, 0.2) is 0 Å². The molecule has 2 nitrogen and oxygen atoms in total. The van der Waals surface area contributed by atoms with Crippen molar-refractivity contribution in [1.82, 2.24) is 4.57 Å². The summed E-state index contributed by atoms with van der Waals surface area (Å²) in [4.78, 5) is 0. The number of hydrogen-bond donors (Lipinski definition) is 0. The third kappa shape index (κ3) is 3.60. The van der Waals surface area contributed by atoms with Crippen molar-refractivity contribution in [1.29, 1.82) is 0 Å². The summed E-state index contributed by atoms with van der Waals surface area (Å²) in [5.41, 5.74) is 7.79. The molecule has 0 fully saturated rings. The first-order chi connectivity index (χ1) is 25.3. The van der Waals surface area contributed by atoms with E-state index in [0.717, 1.165) is 27.6 Å². The first-order valence-corrected chi connectivity index (χ1v) is 18.3. The van der Waals surface area contributed by atoms with Crippen LogP contribution in [0, 0.1) is 0 Å². The number of aromatic nitrogens is 1. The van der Waals surface area contributed by atoms with Gasteiger partial charge >= 0.3 is 0 Å². The monoisotopic (exact) mass is 665 g/mol. The van der Waals surface area contributed by atoms with Gasteiger partial charge in [0.25, 0.3) is 0 Å². The molecule has 0 bridgehead atoms. The van der Waals surface area contributed by atoms with Gasteiger partial charge in [-0.3, -0.25) is 0 Å². The van der Waals surface area contributed by atoms with Crippen LogP contribution in [0.1, 0.15) is 0 Å². The lowest BCUT2D eigenvalue weighted by Crippen LogP contribution is -1.95. The van der Waals surface area contributed by atoms with Gasteiger partial charge in [0, 0.05) is 53.5 Å². The van der Waals surface area contributed by atoms with Gasteiger partial charge in [0.2, 0.25) is 0 Å². The highest BCUT2D eigenvalue weighted by atomic mass is 32.1. The Hall–Kier alpha value is -6.42. The quantitative estimate of drug-likeness (QED) is 0.168. The molecule has 3 aromatic heterocycles. The fraction of sp³-hybridized carbons (Fsp3) is 0. The molecule has 0 saturated heterocycles. The molecule has 51 heavy (non-hydrogen) atoms. The van der Waals surface area contributed by atoms with Crippen molar-refractivity contribution in [2.75, 3.05) is 0 Å². The van der Waals surface area contributed by atoms with Crippen LogP contribution in [-0.4, -0.2) is 4.57 Å². The Kier molecular flexibility index (Phi) is 5.41. The Balaban J connectivity index is 1.30. The highest BCUT2D eigenvalue weighted by Crippen LogP contribution is 2.52. The fourth-order valence-electron chi connectivity index (χ4n) is 8.92. The average molecular weight is 666 g/mol. The van der Waals surface area contributed by atoms with Gasteiger partial charge in [-0.1, -0.05) is 127 Å². The molecule has 3 heteroatoms. The molecule has 0 aliphatic rings. The van der Waals surface area contributed by atoms with Crippen LogP contribution in [0.2, 0.25) is 0 Å². The maximum absolute atomic E-state index is 6.31. The van der Waals surface area contributed by atoms with Crippen LogP contribution in [-0.2, 0) is 0 Å². The molecule has 236 valence electrons. The lowest BCUT2D eigenvalue weighted by Gasteiger charge is -2.15. The number of hydrogen-bond acceptors (Lipinski definition) is 2. The largest absolute Gasteiger partial charge is 0.456 e. The number of benzene rings is 9. The van der Waals surface area contributed by atoms with E-state index in [2.05, 4.69) is 162 Å². The number of fused-ring (bicyclic) bond motifs is 18. The average Bonchev–Trinajstić information content (AvgIpc) is 3.88. The predicted molar refractivity (Wildman–Crippen MR) is 219 cm³/mol. The van der Waals surface area contributed by atoms with E-state index in [9.17, 15) is 0 Å². The summed E-state index contributed by atoms with van der Waals surface area (Å²) in [6, 6.07) is 59.7. The van der Waals surface area contributed by atoms with Crippen molar-refractivity contribution in [2.45, 2.75) is 0 Å². The van der Waals surface area contributed by atoms with Crippen molar-refractivity contribution in [3.8, 4) is 16.8 Å². The summed E-state index contributed by atoms with van der Waals surface area (Å²) in [5.74, 6) is 0. The van der Waals surface area contributed by atoms with Gasteiger partial charge < -0.3 is 8.98 Å². The molecule has 0 N–H and O–H groups in total. The summed E-state index contributed by atoms with van der Waals surface area (Å²) >= 11 is 1.92. The van der Waals surface area contributed by atoms with Crippen LogP contribution in [0.4, 0.5) is 0 Å². The fourth-order valence-corrected chi connectivity index (χ4v) is 10.2. The van der Waals surface area contributed by atoms with Crippen molar-refractivity contribution in [3.05, 3.63) is 164 Å². The zero-order valence-corrected chi connectivity index (χ0v) is 28.2. The highest BCUT2D eigenvalue weighted by molar-refractivity contribution is 7.27. The van der Waals surface area contributed by atoms with Crippen molar-refractivity contribution in [3.63, 3.8) is 0 Å². The summed E-state index contributed by atoms with van der Waals surface area (Å²) < 4.78 is 11.5. The van der Waals surface area contributed by atoms with E-state index in [-0.39, 0.29) is 0 Å². The van der Waals surface area contributed by atoms with E-state index in [1.54, 1.807) is 0 Å². The number of para-hydroxylation sites is 2. The van der Waals surface area contributed by atoms with Crippen LogP contribution in [0.25, 0.3) is 113 Å². The minimum absolute atomic E-state index is 0.911. The van der Waals surface area contributed by atoms with E-state index in [1.165, 1.54) is 85.4 Å². The molecule has 12 rings (SSSR count). The summed E-state index contributed by atoms with van der Waals surface area (Å²) in [6.45, 7) is 0. The smallest absolute Gasteiger partial charge is 0.136 e. The molecule has 0 spiro atoms. The lowest BCUT2D eigenvalue weighted by atomic mass is 9.89. The topological polar surface area (TPSA) is 18.1 Å². The third-order valence-corrected chi connectivity index (χ3v) is 12.1. The first kappa shape index (κ1) is 27.4. The first-order valence-electron chi connectivity index (χ1n) is 17.4. The minimum Gasteiger partial charge on any atom is -0.456 e. The van der Waals surface area contributed by atoms with E-state index < -0.39 is 0 Å². The zero-order valence-electron chi connectivity index (χ0n) is 27.4. The van der Waals surface area contributed by atoms with E-state index in [4.69, 9.17) is 4.42 Å². The molecule has 0 amide bonds. The number of nitrogens with zero attached hydrogens (tertiary/aromatic N) is 1. The second-order valence-corrected chi connectivity index (χ2v) is 14.6. The maximum Gasteiger partial charge on any atom is 0.136 e. The Morgan fingerprint density at radius 2 is 1.02 bits per heavy atom. The molecule has 12 aromatic rings. The molecule has 9 aromatic carbocycles. The van der Waals surface area contributed by atoms with Gasteiger partial charge in [-0.2, -0.15) is 0 Å². The number of rotatable bonds is 2. The number of furan rings is 1. The van der Waals surface area contributed by atoms with Gasteiger partial charge in [-0.15, -0.1) is 11.3 Å². The molecular formula is C48H27NOS. The molecule has 0 saturated carbocycles. The second-order valence-electron chi connectivity index (χ2n) is 13.5. The second kappa shape index (κ2) is 10.1. The maximum atomic E-state index is 6.31. The lowest BCUT2D eigenvalue weighted by molar-refractivity contribution is 0.669. The Bertz CT molecular complexity index is 3430. The van der Waals surface area contributed by atoms with Gasteiger partial charge in [-0.05, 0) is 69.1 Å². The Labute approximate surface area is 296 Å². The minimum atomic E-state index is 0.911. The summed E-state index contributed by atoms with van der Waals surface area (Å²) in [5, 5.41) is 15.4. The standard InChI is InChI=1S/C48H27NOS/c1-3-17-33-31(15-1)32-16-2-4-18-34(32)44-43(33)45-35-19-5-8-23-38(35)49(47(45)48-46(44)37-21-7-10-26-41(37)51-48)29-14-11-13-28(27-29)30-22-12-25-40-42(30)36-20-6-9-24-39(36)50-40/h1-27H. The SMILES string of the molecule is c1cc(-c2cccc3oc4ccccc4c23)cc(-n2c3ccccc3c3c4c5ccccc5c5ccccc5c4c4c5ccccc5sc4c32)c1. The van der Waals surface area contributed by atoms with Crippen LogP contribution in [0.15, 0.2) is 168 Å². The molecule has 0 unspecified atom stereocenters. The summed E-state index contributed by atoms with van der Waals surface area (Å²) in [6.07, 6.45) is 0. The molecule has 0 aliphatic heterocycles. The predicted octanol–water partition coefficient (Wildman–Crippen LogP) is 14.2. The van der Waals surface area contributed by atoms with E-state index >= 15 is 0 Å². The van der Waals surface area contributed by atoms with Crippen LogP contribution in [0.5, 0.6) is 0 Å². The molecule has 0 radical (unpaired) electrons. The van der Waals surface area contributed by atoms with Crippen molar-refractivity contribution in [2.24, 2.45) is 0 Å². The van der Waals surface area contributed by atoms with E-state index in [1.807, 2.05) is 17.4 Å². The van der Waals surface area contributed by atoms with Crippen molar-refractivity contribution < 1.29 is 4.42 Å². The molecule has 0 aliphatic carbocycles. The van der Waals surface area contributed by atoms with Crippen molar-refractivity contribution >= 4 is 108 Å². The van der Waals surface area contributed by atoms with Gasteiger partial charge in [0.05, 0.1) is 15.7 Å². The Morgan fingerprint density at radius 1 is 0.412 bits per heavy atom. The summed E-state index contributed by atoms with van der Waals surface area (Å²) in [7, 11) is 0. The third-order valence-electron chi connectivity index (χ3n) is 10.9. The molecular weight excluding hydrogens is 639 g/mol. The van der Waals surface area contributed by atoms with Crippen LogP contribution >= 0.6 is 11.3 Å². The van der Waals surface area contributed by atoms with Gasteiger partial charge in [0.1, 0.15) is 11.2 Å². The normalized spacial score (nSPS) is 12.3. The van der Waals surface area contributed by atoms with Crippen LogP contribution < -0.4 is 0 Å². The Morgan fingerprint density at radius 3 is 1.82 bits per heavy atom. The van der Waals surface area contributed by atoms with Gasteiger partial charge in [-0.25, -0.2) is 0 Å². The van der Waals surface area contributed by atoms with E-state index in [0.29, 0.717) is 0 Å². The highest BCUT2D eigenvalue weighted by Gasteiger charge is 2.25. The zero-order chi connectivity index (χ0) is 33.2.